The summed E-state index contributed by atoms with van der Waals surface area (Å²) in [4.78, 5) is 11.9. The first-order valence-electron chi connectivity index (χ1n) is 6.97. The largest absolute Gasteiger partial charge is 0.370 e. The standard InChI is InChI=1S/C14H26N2O2/c1-13(2)10-4-5-14(3,8-10)12(13)16-11(17)9-18-7-6-15/h10,12H,4-9,15H2,1-3H3,(H,16,17). The van der Waals surface area contributed by atoms with E-state index in [1.54, 1.807) is 0 Å². The summed E-state index contributed by atoms with van der Waals surface area (Å²) in [6.45, 7) is 7.92. The molecule has 0 radical (unpaired) electrons. The SMILES string of the molecule is CC12CCC(C1)C(C)(C)C2NC(=O)COCCN. The molecule has 1 amide bonds. The van der Waals surface area contributed by atoms with Crippen molar-refractivity contribution in [2.75, 3.05) is 19.8 Å². The highest BCUT2D eigenvalue weighted by Gasteiger charge is 2.59. The quantitative estimate of drug-likeness (QED) is 0.727. The molecule has 0 aromatic rings. The van der Waals surface area contributed by atoms with Gasteiger partial charge in [0.05, 0.1) is 6.61 Å². The van der Waals surface area contributed by atoms with Gasteiger partial charge in [-0.25, -0.2) is 0 Å². The maximum atomic E-state index is 11.9. The third-order valence-electron chi connectivity index (χ3n) is 5.07. The van der Waals surface area contributed by atoms with Crippen LogP contribution in [0.15, 0.2) is 0 Å². The molecule has 0 aliphatic heterocycles. The number of amides is 1. The van der Waals surface area contributed by atoms with E-state index in [1.165, 1.54) is 19.3 Å². The summed E-state index contributed by atoms with van der Waals surface area (Å²) in [7, 11) is 0. The zero-order valence-electron chi connectivity index (χ0n) is 11.8. The molecule has 3 N–H and O–H groups in total. The van der Waals surface area contributed by atoms with E-state index in [2.05, 4.69) is 26.1 Å². The summed E-state index contributed by atoms with van der Waals surface area (Å²) in [6, 6.07) is 0.276. The number of nitrogens with two attached hydrogens (primary N) is 1. The van der Waals surface area contributed by atoms with Crippen LogP contribution in [0.3, 0.4) is 0 Å². The predicted molar refractivity (Wildman–Crippen MR) is 71.0 cm³/mol. The second kappa shape index (κ2) is 4.82. The average molecular weight is 254 g/mol. The first-order chi connectivity index (χ1) is 8.40. The molecule has 3 unspecified atom stereocenters. The molecule has 3 atom stereocenters. The highest BCUT2D eigenvalue weighted by atomic mass is 16.5. The number of fused-ring (bicyclic) bond motifs is 2. The molecular formula is C14H26N2O2. The Morgan fingerprint density at radius 1 is 1.44 bits per heavy atom. The molecule has 104 valence electrons. The smallest absolute Gasteiger partial charge is 0.246 e. The molecule has 2 fully saturated rings. The van der Waals surface area contributed by atoms with E-state index in [1.807, 2.05) is 0 Å². The molecule has 4 heteroatoms. The highest BCUT2D eigenvalue weighted by molar-refractivity contribution is 5.77. The van der Waals surface area contributed by atoms with Gasteiger partial charge >= 0.3 is 0 Å². The molecule has 0 aromatic carbocycles. The fraction of sp³-hybridized carbons (Fsp3) is 0.929. The number of hydrogen-bond acceptors (Lipinski definition) is 3. The van der Waals surface area contributed by atoms with Crippen molar-refractivity contribution in [2.45, 2.75) is 46.1 Å². The van der Waals surface area contributed by atoms with Gasteiger partial charge in [-0.1, -0.05) is 20.8 Å². The Morgan fingerprint density at radius 2 is 2.17 bits per heavy atom. The molecule has 0 aromatic heterocycles. The second-order valence-electron chi connectivity index (χ2n) is 6.76. The van der Waals surface area contributed by atoms with Crippen molar-refractivity contribution in [3.63, 3.8) is 0 Å². The van der Waals surface area contributed by atoms with Crippen LogP contribution in [0, 0.1) is 16.7 Å². The van der Waals surface area contributed by atoms with E-state index in [4.69, 9.17) is 10.5 Å². The molecule has 4 nitrogen and oxygen atoms in total. The Morgan fingerprint density at radius 3 is 2.72 bits per heavy atom. The lowest BCUT2D eigenvalue weighted by Crippen LogP contribution is -2.53. The van der Waals surface area contributed by atoms with Crippen molar-refractivity contribution in [3.05, 3.63) is 0 Å². The van der Waals surface area contributed by atoms with Crippen molar-refractivity contribution in [2.24, 2.45) is 22.5 Å². The van der Waals surface area contributed by atoms with E-state index in [-0.39, 0.29) is 29.4 Å². The third-order valence-corrected chi connectivity index (χ3v) is 5.07. The second-order valence-corrected chi connectivity index (χ2v) is 6.76. The van der Waals surface area contributed by atoms with Crippen LogP contribution < -0.4 is 11.1 Å². The van der Waals surface area contributed by atoms with Gasteiger partial charge in [-0.05, 0) is 36.0 Å². The Bertz CT molecular complexity index is 325. The fourth-order valence-corrected chi connectivity index (χ4v) is 4.11. The minimum atomic E-state index is -0.00435. The van der Waals surface area contributed by atoms with Crippen LogP contribution in [0.25, 0.3) is 0 Å². The molecule has 2 rings (SSSR count). The van der Waals surface area contributed by atoms with E-state index >= 15 is 0 Å². The highest BCUT2D eigenvalue weighted by Crippen LogP contribution is 2.62. The normalized spacial score (nSPS) is 36.9. The van der Waals surface area contributed by atoms with Crippen molar-refractivity contribution >= 4 is 5.91 Å². The first kappa shape index (κ1) is 13.8. The van der Waals surface area contributed by atoms with E-state index in [0.717, 1.165) is 5.92 Å². The van der Waals surface area contributed by atoms with Gasteiger partial charge in [-0.2, -0.15) is 0 Å². The van der Waals surface area contributed by atoms with Crippen LogP contribution in [0.2, 0.25) is 0 Å². The van der Waals surface area contributed by atoms with Gasteiger partial charge in [0.25, 0.3) is 0 Å². The number of ether oxygens (including phenoxy) is 1. The lowest BCUT2D eigenvalue weighted by atomic mass is 9.68. The lowest BCUT2D eigenvalue weighted by Gasteiger charge is -2.43. The van der Waals surface area contributed by atoms with Gasteiger partial charge in [-0.15, -0.1) is 0 Å². The monoisotopic (exact) mass is 254 g/mol. The summed E-state index contributed by atoms with van der Waals surface area (Å²) >= 11 is 0. The Labute approximate surface area is 110 Å². The number of carbonyl (C=O) groups is 1. The molecular weight excluding hydrogens is 228 g/mol. The molecule has 0 heterocycles. The average Bonchev–Trinajstić information content (AvgIpc) is 2.76. The van der Waals surface area contributed by atoms with Gasteiger partial charge in [0.2, 0.25) is 5.91 Å². The summed E-state index contributed by atoms with van der Waals surface area (Å²) in [5.74, 6) is 0.744. The zero-order chi connectivity index (χ0) is 13.4. The van der Waals surface area contributed by atoms with Gasteiger partial charge in [-0.3, -0.25) is 4.79 Å². The van der Waals surface area contributed by atoms with Gasteiger partial charge in [0, 0.05) is 12.6 Å². The Balaban J connectivity index is 1.94. The van der Waals surface area contributed by atoms with Crippen LogP contribution in [-0.2, 0) is 9.53 Å². The summed E-state index contributed by atoms with van der Waals surface area (Å²) in [6.07, 6.45) is 3.78. The predicted octanol–water partition coefficient (Wildman–Crippen LogP) is 1.29. The topological polar surface area (TPSA) is 64.3 Å². The van der Waals surface area contributed by atoms with Crippen LogP contribution >= 0.6 is 0 Å². The summed E-state index contributed by atoms with van der Waals surface area (Å²) in [5.41, 5.74) is 5.82. The van der Waals surface area contributed by atoms with E-state index < -0.39 is 0 Å². The van der Waals surface area contributed by atoms with Crippen LogP contribution in [0.5, 0.6) is 0 Å². The molecule has 0 spiro atoms. The van der Waals surface area contributed by atoms with Gasteiger partial charge < -0.3 is 15.8 Å². The van der Waals surface area contributed by atoms with Crippen molar-refractivity contribution in [1.82, 2.24) is 5.32 Å². The maximum absolute atomic E-state index is 11.9. The lowest BCUT2D eigenvalue weighted by molar-refractivity contribution is -0.128. The summed E-state index contributed by atoms with van der Waals surface area (Å²) in [5, 5.41) is 3.20. The molecule has 2 saturated carbocycles. The van der Waals surface area contributed by atoms with E-state index in [0.29, 0.717) is 13.2 Å². The van der Waals surface area contributed by atoms with Crippen molar-refractivity contribution in [3.8, 4) is 0 Å². The Hall–Kier alpha value is -0.610. The number of hydrogen-bond donors (Lipinski definition) is 2. The van der Waals surface area contributed by atoms with Gasteiger partial charge in [0.15, 0.2) is 0 Å². The van der Waals surface area contributed by atoms with Gasteiger partial charge in [0.1, 0.15) is 6.61 Å². The number of carbonyl (C=O) groups excluding carboxylic acids is 1. The zero-order valence-corrected chi connectivity index (χ0v) is 11.8. The molecule has 2 bridgehead atoms. The van der Waals surface area contributed by atoms with Crippen molar-refractivity contribution < 1.29 is 9.53 Å². The fourth-order valence-electron chi connectivity index (χ4n) is 4.11. The maximum Gasteiger partial charge on any atom is 0.246 e. The first-order valence-corrected chi connectivity index (χ1v) is 6.97. The molecule has 0 saturated heterocycles. The molecule has 2 aliphatic rings. The molecule has 2 aliphatic carbocycles. The minimum Gasteiger partial charge on any atom is -0.370 e. The minimum absolute atomic E-state index is 0.00435. The molecule has 18 heavy (non-hydrogen) atoms. The Kier molecular flexibility index (Phi) is 3.70. The van der Waals surface area contributed by atoms with E-state index in [9.17, 15) is 4.79 Å². The number of rotatable bonds is 5. The van der Waals surface area contributed by atoms with Crippen molar-refractivity contribution in [1.29, 1.82) is 0 Å². The van der Waals surface area contributed by atoms with Crippen LogP contribution in [-0.4, -0.2) is 31.7 Å². The summed E-state index contributed by atoms with van der Waals surface area (Å²) < 4.78 is 5.20. The third kappa shape index (κ3) is 2.28. The number of nitrogens with one attached hydrogen (secondary N) is 1. The van der Waals surface area contributed by atoms with Crippen LogP contribution in [0.1, 0.15) is 40.0 Å². The van der Waals surface area contributed by atoms with Crippen LogP contribution in [0.4, 0.5) is 0 Å².